The van der Waals surface area contributed by atoms with Crippen LogP contribution in [0.3, 0.4) is 0 Å². The van der Waals surface area contributed by atoms with Gasteiger partial charge >= 0.3 is 6.03 Å². The van der Waals surface area contributed by atoms with Crippen molar-refractivity contribution in [1.29, 1.82) is 0 Å². The van der Waals surface area contributed by atoms with Gasteiger partial charge in [-0.2, -0.15) is 0 Å². The summed E-state index contributed by atoms with van der Waals surface area (Å²) in [5.74, 6) is 0.464. The number of hydrogen-bond donors (Lipinski definition) is 1. The van der Waals surface area contributed by atoms with E-state index < -0.39 is 0 Å². The van der Waals surface area contributed by atoms with Crippen LogP contribution < -0.4 is 10.2 Å². The molecule has 0 spiro atoms. The maximum Gasteiger partial charge on any atom is 0.326 e. The number of piperidine rings is 1. The van der Waals surface area contributed by atoms with Gasteiger partial charge in [0, 0.05) is 31.0 Å². The molecule has 4 rings (SSSR count). The zero-order valence-electron chi connectivity index (χ0n) is 18.0. The van der Waals surface area contributed by atoms with Crippen molar-refractivity contribution in [1.82, 2.24) is 4.90 Å². The molecule has 1 fully saturated rings. The van der Waals surface area contributed by atoms with E-state index in [0.29, 0.717) is 5.92 Å². The number of carbonyl (C=O) groups excluding carboxylic acids is 1. The molecule has 1 aliphatic heterocycles. The third kappa shape index (κ3) is 6.19. The summed E-state index contributed by atoms with van der Waals surface area (Å²) in [7, 11) is 0. The van der Waals surface area contributed by atoms with Crippen molar-refractivity contribution < 1.29 is 4.79 Å². The number of hydrogen-bond acceptors (Lipinski definition) is 2. The summed E-state index contributed by atoms with van der Waals surface area (Å²) in [5.41, 5.74) is 3.15. The van der Waals surface area contributed by atoms with Crippen LogP contribution in [-0.4, -0.2) is 37.1 Å². The second-order valence-electron chi connectivity index (χ2n) is 8.29. The van der Waals surface area contributed by atoms with E-state index in [-0.39, 0.29) is 6.03 Å². The Morgan fingerprint density at radius 2 is 1.55 bits per heavy atom. The number of amides is 2. The summed E-state index contributed by atoms with van der Waals surface area (Å²) in [6.07, 6.45) is 3.41. The highest BCUT2D eigenvalue weighted by Crippen LogP contribution is 2.23. The summed E-state index contributed by atoms with van der Waals surface area (Å²) in [6.45, 7) is 3.98. The first kappa shape index (κ1) is 21.1. The number of rotatable bonds is 7. The number of anilines is 2. The number of nitrogens with one attached hydrogen (secondary N) is 1. The van der Waals surface area contributed by atoms with Gasteiger partial charge in [0.1, 0.15) is 0 Å². The van der Waals surface area contributed by atoms with Crippen LogP contribution >= 0.6 is 0 Å². The average Bonchev–Trinajstić information content (AvgIpc) is 2.83. The fourth-order valence-corrected chi connectivity index (χ4v) is 4.32. The second kappa shape index (κ2) is 10.8. The number of likely N-dealkylation sites (tertiary alicyclic amines) is 1. The molecule has 2 amide bonds. The van der Waals surface area contributed by atoms with Gasteiger partial charge in [-0.05, 0) is 61.6 Å². The average molecular weight is 414 g/mol. The van der Waals surface area contributed by atoms with Gasteiger partial charge in [0.05, 0.1) is 0 Å². The molecule has 4 nitrogen and oxygen atoms in total. The van der Waals surface area contributed by atoms with E-state index in [2.05, 4.69) is 40.5 Å². The summed E-state index contributed by atoms with van der Waals surface area (Å²) in [5, 5.41) is 3.06. The molecule has 3 aromatic carbocycles. The fourth-order valence-electron chi connectivity index (χ4n) is 4.32. The minimum atomic E-state index is -0.0705. The van der Waals surface area contributed by atoms with Crippen LogP contribution in [0.1, 0.15) is 18.4 Å². The molecule has 0 radical (unpaired) electrons. The number of urea groups is 1. The predicted octanol–water partition coefficient (Wildman–Crippen LogP) is 5.68. The van der Waals surface area contributed by atoms with Crippen molar-refractivity contribution in [2.75, 3.05) is 36.4 Å². The van der Waals surface area contributed by atoms with Crippen LogP contribution in [0, 0.1) is 5.92 Å². The third-order valence-corrected chi connectivity index (χ3v) is 5.94. The highest BCUT2D eigenvalue weighted by molar-refractivity contribution is 6.01. The van der Waals surface area contributed by atoms with Crippen LogP contribution in [0.25, 0.3) is 0 Å². The predicted molar refractivity (Wildman–Crippen MR) is 129 cm³/mol. The van der Waals surface area contributed by atoms with Crippen molar-refractivity contribution in [2.45, 2.75) is 19.3 Å². The molecule has 0 bridgehead atoms. The van der Waals surface area contributed by atoms with Gasteiger partial charge in [0.15, 0.2) is 0 Å². The van der Waals surface area contributed by atoms with E-state index in [1.165, 1.54) is 12.0 Å². The Hall–Kier alpha value is -3.11. The first-order valence-electron chi connectivity index (χ1n) is 11.2. The molecule has 0 aromatic heterocycles. The number of carbonyl (C=O) groups is 1. The fraction of sp³-hybridized carbons (Fsp3) is 0.296. The number of para-hydroxylation sites is 2. The van der Waals surface area contributed by atoms with E-state index >= 15 is 0 Å². The molecule has 160 valence electrons. The summed E-state index contributed by atoms with van der Waals surface area (Å²) < 4.78 is 0. The van der Waals surface area contributed by atoms with Crippen LogP contribution in [0.15, 0.2) is 91.0 Å². The molecule has 31 heavy (non-hydrogen) atoms. The molecule has 1 N–H and O–H groups in total. The second-order valence-corrected chi connectivity index (χ2v) is 8.29. The largest absolute Gasteiger partial charge is 0.326 e. The van der Waals surface area contributed by atoms with E-state index in [1.54, 1.807) is 0 Å². The minimum absolute atomic E-state index is 0.0705. The zero-order chi connectivity index (χ0) is 21.3. The summed E-state index contributed by atoms with van der Waals surface area (Å²) in [4.78, 5) is 17.6. The highest BCUT2D eigenvalue weighted by atomic mass is 16.2. The van der Waals surface area contributed by atoms with Crippen molar-refractivity contribution in [2.24, 2.45) is 5.92 Å². The topological polar surface area (TPSA) is 35.6 Å². The first-order valence-corrected chi connectivity index (χ1v) is 11.2. The SMILES string of the molecule is O=C(Nc1ccccc1)N(CC1CCCN(CCc2ccccc2)C1)c1ccccc1. The van der Waals surface area contributed by atoms with E-state index in [9.17, 15) is 4.79 Å². The lowest BCUT2D eigenvalue weighted by Crippen LogP contribution is -2.44. The molecule has 0 aliphatic carbocycles. The van der Waals surface area contributed by atoms with Crippen LogP contribution in [0.4, 0.5) is 16.2 Å². The van der Waals surface area contributed by atoms with Crippen molar-refractivity contribution in [3.63, 3.8) is 0 Å². The Balaban J connectivity index is 1.40. The van der Waals surface area contributed by atoms with Crippen LogP contribution in [-0.2, 0) is 6.42 Å². The molecule has 0 saturated carbocycles. The van der Waals surface area contributed by atoms with Gasteiger partial charge in [0.2, 0.25) is 0 Å². The molecule has 4 heteroatoms. The monoisotopic (exact) mass is 413 g/mol. The smallest absolute Gasteiger partial charge is 0.308 e. The molecule has 1 saturated heterocycles. The Bertz CT molecular complexity index is 930. The van der Waals surface area contributed by atoms with Gasteiger partial charge < -0.3 is 10.2 Å². The highest BCUT2D eigenvalue weighted by Gasteiger charge is 2.25. The Morgan fingerprint density at radius 1 is 0.903 bits per heavy atom. The third-order valence-electron chi connectivity index (χ3n) is 5.94. The summed E-state index contributed by atoms with van der Waals surface area (Å²) in [6, 6.07) is 30.3. The van der Waals surface area contributed by atoms with E-state index in [4.69, 9.17) is 0 Å². The number of nitrogens with zero attached hydrogens (tertiary/aromatic N) is 2. The maximum absolute atomic E-state index is 13.2. The van der Waals surface area contributed by atoms with E-state index in [0.717, 1.165) is 50.4 Å². The molecule has 1 unspecified atom stereocenters. The van der Waals surface area contributed by atoms with Crippen LogP contribution in [0.5, 0.6) is 0 Å². The van der Waals surface area contributed by atoms with Crippen molar-refractivity contribution in [3.8, 4) is 0 Å². The normalized spacial score (nSPS) is 16.6. The molecular formula is C27H31N3O. The van der Waals surface area contributed by atoms with Gasteiger partial charge in [-0.3, -0.25) is 4.90 Å². The maximum atomic E-state index is 13.2. The van der Waals surface area contributed by atoms with Crippen molar-refractivity contribution in [3.05, 3.63) is 96.6 Å². The van der Waals surface area contributed by atoms with Gasteiger partial charge in [-0.25, -0.2) is 4.79 Å². The van der Waals surface area contributed by atoms with Gasteiger partial charge in [-0.1, -0.05) is 66.7 Å². The zero-order valence-corrected chi connectivity index (χ0v) is 18.0. The molecule has 1 aliphatic rings. The molecule has 1 heterocycles. The minimum Gasteiger partial charge on any atom is -0.308 e. The standard InChI is InChI=1S/C27H31N3O/c31-27(28-25-14-6-2-7-15-25)30(26-16-8-3-9-17-26)22-24-13-10-19-29(21-24)20-18-23-11-4-1-5-12-23/h1-9,11-12,14-17,24H,10,13,18-22H2,(H,28,31). The molecule has 3 aromatic rings. The number of benzene rings is 3. The molecule has 1 atom stereocenters. The lowest BCUT2D eigenvalue weighted by molar-refractivity contribution is 0.178. The Labute approximate surface area is 185 Å². The lowest BCUT2D eigenvalue weighted by Gasteiger charge is -2.35. The van der Waals surface area contributed by atoms with Gasteiger partial charge in [0.25, 0.3) is 0 Å². The van der Waals surface area contributed by atoms with Gasteiger partial charge in [-0.15, -0.1) is 0 Å². The van der Waals surface area contributed by atoms with Crippen molar-refractivity contribution >= 4 is 17.4 Å². The van der Waals surface area contributed by atoms with Crippen LogP contribution in [0.2, 0.25) is 0 Å². The molecular weight excluding hydrogens is 382 g/mol. The first-order chi connectivity index (χ1) is 15.3. The quantitative estimate of drug-likeness (QED) is 0.541. The summed E-state index contributed by atoms with van der Waals surface area (Å²) >= 11 is 0. The Kier molecular flexibility index (Phi) is 7.35. The lowest BCUT2D eigenvalue weighted by atomic mass is 9.96. The Morgan fingerprint density at radius 3 is 2.26 bits per heavy atom. The van der Waals surface area contributed by atoms with E-state index in [1.807, 2.05) is 65.6 Å².